The Bertz CT molecular complexity index is 521. The zero-order valence-electron chi connectivity index (χ0n) is 11.6. The van der Waals surface area contributed by atoms with E-state index in [9.17, 15) is 9.59 Å². The number of ether oxygens (including phenoxy) is 1. The molecule has 1 atom stereocenters. The SMILES string of the molecule is NC(=O)C1CCOc2ccccc2N1CC(=O)NCCO. The molecule has 0 fully saturated rings. The van der Waals surface area contributed by atoms with E-state index in [1.54, 1.807) is 17.0 Å². The predicted octanol–water partition coefficient (Wildman–Crippen LogP) is -0.762. The first-order valence-electron chi connectivity index (χ1n) is 6.79. The van der Waals surface area contributed by atoms with Crippen LogP contribution in [0, 0.1) is 0 Å². The summed E-state index contributed by atoms with van der Waals surface area (Å²) in [5, 5.41) is 11.3. The Morgan fingerprint density at radius 2 is 2.19 bits per heavy atom. The maximum absolute atomic E-state index is 11.9. The average Bonchev–Trinajstić information content (AvgIpc) is 2.65. The quantitative estimate of drug-likeness (QED) is 0.662. The number of nitrogens with one attached hydrogen (secondary N) is 1. The van der Waals surface area contributed by atoms with Gasteiger partial charge in [-0.3, -0.25) is 9.59 Å². The van der Waals surface area contributed by atoms with E-state index in [2.05, 4.69) is 5.32 Å². The molecule has 0 aromatic heterocycles. The van der Waals surface area contributed by atoms with Gasteiger partial charge in [0.15, 0.2) is 0 Å². The summed E-state index contributed by atoms with van der Waals surface area (Å²) in [4.78, 5) is 25.2. The van der Waals surface area contributed by atoms with Crippen molar-refractivity contribution in [2.45, 2.75) is 12.5 Å². The Hall–Kier alpha value is -2.28. The summed E-state index contributed by atoms with van der Waals surface area (Å²) >= 11 is 0. The number of benzene rings is 1. The number of hydrogen-bond donors (Lipinski definition) is 3. The van der Waals surface area contributed by atoms with Crippen LogP contribution >= 0.6 is 0 Å². The number of primary amides is 1. The molecular weight excluding hydrogens is 274 g/mol. The molecule has 0 bridgehead atoms. The largest absolute Gasteiger partial charge is 0.491 e. The van der Waals surface area contributed by atoms with Gasteiger partial charge in [-0.25, -0.2) is 0 Å². The van der Waals surface area contributed by atoms with E-state index in [1.807, 2.05) is 12.1 Å². The van der Waals surface area contributed by atoms with Crippen LogP contribution in [0.25, 0.3) is 0 Å². The van der Waals surface area contributed by atoms with Crippen molar-refractivity contribution in [3.05, 3.63) is 24.3 Å². The maximum atomic E-state index is 11.9. The average molecular weight is 293 g/mol. The minimum Gasteiger partial charge on any atom is -0.491 e. The zero-order valence-corrected chi connectivity index (χ0v) is 11.6. The number of amides is 2. The Morgan fingerprint density at radius 1 is 1.43 bits per heavy atom. The topological polar surface area (TPSA) is 105 Å². The molecule has 4 N–H and O–H groups in total. The number of aliphatic hydroxyl groups is 1. The number of nitrogens with two attached hydrogens (primary N) is 1. The standard InChI is InChI=1S/C14H19N3O4/c15-14(20)11-5-8-21-12-4-2-1-3-10(12)17(11)9-13(19)16-6-7-18/h1-4,11,18H,5-9H2,(H2,15,20)(H,16,19). The lowest BCUT2D eigenvalue weighted by Crippen LogP contribution is -2.49. The lowest BCUT2D eigenvalue weighted by Gasteiger charge is -2.29. The van der Waals surface area contributed by atoms with Gasteiger partial charge in [-0.2, -0.15) is 0 Å². The summed E-state index contributed by atoms with van der Waals surface area (Å²) in [5.74, 6) is -0.159. The van der Waals surface area contributed by atoms with Crippen LogP contribution < -0.4 is 20.7 Å². The first-order chi connectivity index (χ1) is 10.1. The first-order valence-corrected chi connectivity index (χ1v) is 6.79. The third kappa shape index (κ3) is 3.63. The van der Waals surface area contributed by atoms with E-state index >= 15 is 0 Å². The van der Waals surface area contributed by atoms with Gasteiger partial charge < -0.3 is 25.8 Å². The summed E-state index contributed by atoms with van der Waals surface area (Å²) in [6.45, 7) is 0.379. The van der Waals surface area contributed by atoms with Crippen LogP contribution in [0.5, 0.6) is 5.75 Å². The molecular formula is C14H19N3O4. The summed E-state index contributed by atoms with van der Waals surface area (Å²) in [5.41, 5.74) is 6.12. The third-order valence-electron chi connectivity index (χ3n) is 3.28. The van der Waals surface area contributed by atoms with Gasteiger partial charge in [0.2, 0.25) is 11.8 Å². The Morgan fingerprint density at radius 3 is 2.90 bits per heavy atom. The van der Waals surface area contributed by atoms with Crippen LogP contribution in [0.15, 0.2) is 24.3 Å². The number of carbonyl (C=O) groups excluding carboxylic acids is 2. The summed E-state index contributed by atoms with van der Waals surface area (Å²) < 4.78 is 5.60. The summed E-state index contributed by atoms with van der Waals surface area (Å²) in [7, 11) is 0. The van der Waals surface area contributed by atoms with Crippen LogP contribution in [0.4, 0.5) is 5.69 Å². The number of anilines is 1. The molecule has 1 unspecified atom stereocenters. The lowest BCUT2D eigenvalue weighted by atomic mass is 10.1. The van der Waals surface area contributed by atoms with Crippen molar-refractivity contribution in [1.29, 1.82) is 0 Å². The Labute approximate surface area is 122 Å². The predicted molar refractivity (Wildman–Crippen MR) is 77.0 cm³/mol. The molecule has 2 rings (SSSR count). The fraction of sp³-hybridized carbons (Fsp3) is 0.429. The van der Waals surface area contributed by atoms with Crippen LogP contribution in [-0.4, -0.2) is 49.3 Å². The highest BCUT2D eigenvalue weighted by molar-refractivity contribution is 5.89. The highest BCUT2D eigenvalue weighted by Crippen LogP contribution is 2.32. The number of nitrogens with zero attached hydrogens (tertiary/aromatic N) is 1. The number of hydrogen-bond acceptors (Lipinski definition) is 5. The van der Waals surface area contributed by atoms with Crippen LogP contribution in [0.3, 0.4) is 0 Å². The maximum Gasteiger partial charge on any atom is 0.240 e. The first kappa shape index (κ1) is 15.1. The van der Waals surface area contributed by atoms with Crippen molar-refractivity contribution in [2.24, 2.45) is 5.73 Å². The lowest BCUT2D eigenvalue weighted by molar-refractivity contribution is -0.120. The third-order valence-corrected chi connectivity index (χ3v) is 3.28. The molecule has 7 nitrogen and oxygen atoms in total. The smallest absolute Gasteiger partial charge is 0.240 e. The molecule has 7 heteroatoms. The van der Waals surface area contributed by atoms with Gasteiger partial charge >= 0.3 is 0 Å². The van der Waals surface area contributed by atoms with E-state index in [-0.39, 0.29) is 25.6 Å². The van der Waals surface area contributed by atoms with Crippen LogP contribution in [0.2, 0.25) is 0 Å². The summed E-state index contributed by atoms with van der Waals surface area (Å²) in [6, 6.07) is 6.61. The second-order valence-corrected chi connectivity index (χ2v) is 4.72. The van der Waals surface area contributed by atoms with Crippen molar-refractivity contribution in [3.63, 3.8) is 0 Å². The molecule has 0 spiro atoms. The van der Waals surface area contributed by atoms with Gasteiger partial charge in [0, 0.05) is 13.0 Å². The fourth-order valence-electron chi connectivity index (χ4n) is 2.32. The van der Waals surface area contributed by atoms with Crippen LogP contribution in [0.1, 0.15) is 6.42 Å². The van der Waals surface area contributed by atoms with Gasteiger partial charge in [-0.15, -0.1) is 0 Å². The van der Waals surface area contributed by atoms with Gasteiger partial charge in [-0.1, -0.05) is 12.1 Å². The number of aliphatic hydroxyl groups excluding tert-OH is 1. The van der Waals surface area contributed by atoms with Crippen molar-refractivity contribution in [3.8, 4) is 5.75 Å². The Kier molecular flexibility index (Phi) is 4.99. The number of para-hydroxylation sites is 2. The molecule has 21 heavy (non-hydrogen) atoms. The highest BCUT2D eigenvalue weighted by atomic mass is 16.5. The van der Waals surface area contributed by atoms with E-state index in [1.165, 1.54) is 0 Å². The number of rotatable bonds is 5. The van der Waals surface area contributed by atoms with Gasteiger partial charge in [0.05, 0.1) is 25.4 Å². The molecule has 1 aliphatic heterocycles. The summed E-state index contributed by atoms with van der Waals surface area (Å²) in [6.07, 6.45) is 0.414. The van der Waals surface area contributed by atoms with E-state index < -0.39 is 11.9 Å². The molecule has 0 aliphatic carbocycles. The van der Waals surface area contributed by atoms with Gasteiger partial charge in [0.25, 0.3) is 0 Å². The van der Waals surface area contributed by atoms with Crippen molar-refractivity contribution in [1.82, 2.24) is 5.32 Å². The normalized spacial score (nSPS) is 17.4. The molecule has 1 aromatic rings. The van der Waals surface area contributed by atoms with Crippen LogP contribution in [-0.2, 0) is 9.59 Å². The van der Waals surface area contributed by atoms with E-state index in [0.717, 1.165) is 0 Å². The molecule has 1 aromatic carbocycles. The molecule has 2 amide bonds. The Balaban J connectivity index is 2.26. The minimum atomic E-state index is -0.603. The van der Waals surface area contributed by atoms with Crippen molar-refractivity contribution in [2.75, 3.05) is 31.2 Å². The monoisotopic (exact) mass is 293 g/mol. The second-order valence-electron chi connectivity index (χ2n) is 4.72. The van der Waals surface area contributed by atoms with E-state index in [0.29, 0.717) is 24.5 Å². The molecule has 114 valence electrons. The number of fused-ring (bicyclic) bond motifs is 1. The molecule has 1 aliphatic rings. The van der Waals surface area contributed by atoms with Crippen molar-refractivity contribution < 1.29 is 19.4 Å². The van der Waals surface area contributed by atoms with Gasteiger partial charge in [-0.05, 0) is 12.1 Å². The second kappa shape index (κ2) is 6.94. The van der Waals surface area contributed by atoms with E-state index in [4.69, 9.17) is 15.6 Å². The molecule has 0 radical (unpaired) electrons. The highest BCUT2D eigenvalue weighted by Gasteiger charge is 2.30. The minimum absolute atomic E-state index is 0.0199. The molecule has 0 saturated carbocycles. The zero-order chi connectivity index (χ0) is 15.2. The van der Waals surface area contributed by atoms with Gasteiger partial charge in [0.1, 0.15) is 11.8 Å². The van der Waals surface area contributed by atoms with Crippen molar-refractivity contribution >= 4 is 17.5 Å². The molecule has 0 saturated heterocycles. The molecule has 1 heterocycles. The fourth-order valence-corrected chi connectivity index (χ4v) is 2.32. The number of carbonyl (C=O) groups is 2.